The van der Waals surface area contributed by atoms with Gasteiger partial charge in [-0.25, -0.2) is 9.67 Å². The predicted octanol–water partition coefficient (Wildman–Crippen LogP) is -0.128. The Labute approximate surface area is 98.0 Å². The van der Waals surface area contributed by atoms with Gasteiger partial charge in [0.25, 0.3) is 0 Å². The van der Waals surface area contributed by atoms with Gasteiger partial charge in [0, 0.05) is 6.04 Å². The van der Waals surface area contributed by atoms with Crippen LogP contribution in [-0.4, -0.2) is 38.2 Å². The second kappa shape index (κ2) is 5.20. The number of nitrogens with two attached hydrogens (primary N) is 1. The summed E-state index contributed by atoms with van der Waals surface area (Å²) in [6.07, 6.45) is 3.57. The molecular weight excluding hydrogens is 226 g/mol. The minimum absolute atomic E-state index is 0.0261. The summed E-state index contributed by atoms with van der Waals surface area (Å²) in [6.45, 7) is 0.188. The number of thioether (sulfide) groups is 1. The Morgan fingerprint density at radius 2 is 2.38 bits per heavy atom. The number of carbonyl (C=O) groups excluding carboxylic acids is 1. The van der Waals surface area contributed by atoms with Crippen molar-refractivity contribution in [2.75, 3.05) is 17.2 Å². The fourth-order valence-electron chi connectivity index (χ4n) is 1.65. The molecule has 1 aromatic heterocycles. The SMILES string of the molecule is Nc1ncn(CC(=O)NC2CCSCC2)n1. The molecule has 2 heterocycles. The van der Waals surface area contributed by atoms with Crippen LogP contribution in [0.2, 0.25) is 0 Å². The first kappa shape index (κ1) is 11.3. The van der Waals surface area contributed by atoms with Gasteiger partial charge in [0.2, 0.25) is 11.9 Å². The van der Waals surface area contributed by atoms with E-state index in [-0.39, 0.29) is 18.4 Å². The summed E-state index contributed by atoms with van der Waals surface area (Å²) in [6, 6.07) is 0.314. The number of rotatable bonds is 3. The van der Waals surface area contributed by atoms with E-state index in [9.17, 15) is 4.79 Å². The van der Waals surface area contributed by atoms with E-state index < -0.39 is 0 Å². The summed E-state index contributed by atoms with van der Waals surface area (Å²) in [7, 11) is 0. The van der Waals surface area contributed by atoms with Gasteiger partial charge in [-0.05, 0) is 24.3 Å². The third-order valence-electron chi connectivity index (χ3n) is 2.45. The molecule has 0 aromatic carbocycles. The molecule has 0 bridgehead atoms. The first-order valence-electron chi connectivity index (χ1n) is 5.26. The van der Waals surface area contributed by atoms with Gasteiger partial charge < -0.3 is 11.1 Å². The van der Waals surface area contributed by atoms with Crippen LogP contribution in [0.1, 0.15) is 12.8 Å². The fraction of sp³-hybridized carbons (Fsp3) is 0.667. The Kier molecular flexibility index (Phi) is 3.66. The van der Waals surface area contributed by atoms with E-state index in [4.69, 9.17) is 5.73 Å². The highest BCUT2D eigenvalue weighted by Crippen LogP contribution is 2.16. The molecule has 7 heteroatoms. The lowest BCUT2D eigenvalue weighted by molar-refractivity contribution is -0.122. The van der Waals surface area contributed by atoms with Crippen LogP contribution in [0.3, 0.4) is 0 Å². The van der Waals surface area contributed by atoms with Gasteiger partial charge in [-0.1, -0.05) is 0 Å². The first-order valence-corrected chi connectivity index (χ1v) is 6.41. The molecule has 2 rings (SSSR count). The van der Waals surface area contributed by atoms with Crippen LogP contribution in [0, 0.1) is 0 Å². The van der Waals surface area contributed by atoms with Crippen molar-refractivity contribution in [3.63, 3.8) is 0 Å². The summed E-state index contributed by atoms with van der Waals surface area (Å²) < 4.78 is 1.45. The van der Waals surface area contributed by atoms with Gasteiger partial charge >= 0.3 is 0 Å². The van der Waals surface area contributed by atoms with Gasteiger partial charge in [-0.15, -0.1) is 5.10 Å². The van der Waals surface area contributed by atoms with Crippen LogP contribution in [-0.2, 0) is 11.3 Å². The number of anilines is 1. The summed E-state index contributed by atoms with van der Waals surface area (Å²) in [4.78, 5) is 15.4. The van der Waals surface area contributed by atoms with Gasteiger partial charge in [-0.3, -0.25) is 4.79 Å². The molecule has 3 N–H and O–H groups in total. The standard InChI is InChI=1S/C9H15N5OS/c10-9-11-6-14(13-9)5-8(15)12-7-1-3-16-4-2-7/h6-7H,1-5H2,(H2,10,13)(H,12,15). The molecule has 1 saturated heterocycles. The van der Waals surface area contributed by atoms with E-state index >= 15 is 0 Å². The first-order chi connectivity index (χ1) is 7.74. The average molecular weight is 241 g/mol. The van der Waals surface area contributed by atoms with Crippen LogP contribution in [0.15, 0.2) is 6.33 Å². The zero-order valence-corrected chi connectivity index (χ0v) is 9.74. The Morgan fingerprint density at radius 3 is 3.00 bits per heavy atom. The van der Waals surface area contributed by atoms with E-state index in [1.54, 1.807) is 0 Å². The third-order valence-corrected chi connectivity index (χ3v) is 3.49. The lowest BCUT2D eigenvalue weighted by Gasteiger charge is -2.22. The van der Waals surface area contributed by atoms with Crippen molar-refractivity contribution in [3.8, 4) is 0 Å². The molecule has 16 heavy (non-hydrogen) atoms. The summed E-state index contributed by atoms with van der Waals surface area (Å²) in [5.41, 5.74) is 5.36. The normalized spacial score (nSPS) is 17.2. The number of amides is 1. The minimum atomic E-state index is -0.0261. The van der Waals surface area contributed by atoms with Gasteiger partial charge in [0.15, 0.2) is 0 Å². The maximum atomic E-state index is 11.6. The second-order valence-electron chi connectivity index (χ2n) is 3.75. The van der Waals surface area contributed by atoms with Crippen molar-refractivity contribution in [1.29, 1.82) is 0 Å². The molecule has 0 spiro atoms. The molecule has 0 unspecified atom stereocenters. The molecule has 1 aliphatic rings. The Morgan fingerprint density at radius 1 is 1.62 bits per heavy atom. The van der Waals surface area contributed by atoms with E-state index in [0.717, 1.165) is 24.3 Å². The predicted molar refractivity (Wildman–Crippen MR) is 62.9 cm³/mol. The highest BCUT2D eigenvalue weighted by Gasteiger charge is 2.16. The summed E-state index contributed by atoms with van der Waals surface area (Å²) >= 11 is 1.94. The number of carbonyl (C=O) groups is 1. The van der Waals surface area contributed by atoms with Crippen molar-refractivity contribution in [2.45, 2.75) is 25.4 Å². The molecule has 1 aromatic rings. The van der Waals surface area contributed by atoms with E-state index in [2.05, 4.69) is 15.4 Å². The van der Waals surface area contributed by atoms with E-state index in [1.807, 2.05) is 11.8 Å². The topological polar surface area (TPSA) is 85.8 Å². The van der Waals surface area contributed by atoms with Crippen molar-refractivity contribution in [3.05, 3.63) is 6.33 Å². The van der Waals surface area contributed by atoms with E-state index in [1.165, 1.54) is 11.0 Å². The van der Waals surface area contributed by atoms with E-state index in [0.29, 0.717) is 6.04 Å². The molecule has 0 aliphatic carbocycles. The molecule has 1 amide bonds. The molecular formula is C9H15N5OS. The fourth-order valence-corrected chi connectivity index (χ4v) is 2.75. The number of nitrogen functional groups attached to an aromatic ring is 1. The Balaban J connectivity index is 1.79. The molecule has 1 fully saturated rings. The number of hydrogen-bond acceptors (Lipinski definition) is 5. The zero-order chi connectivity index (χ0) is 11.4. The van der Waals surface area contributed by atoms with Crippen LogP contribution >= 0.6 is 11.8 Å². The van der Waals surface area contributed by atoms with Crippen LogP contribution in [0.5, 0.6) is 0 Å². The quantitative estimate of drug-likeness (QED) is 0.770. The van der Waals surface area contributed by atoms with Crippen LogP contribution in [0.25, 0.3) is 0 Å². The molecule has 88 valence electrons. The number of nitrogens with zero attached hydrogens (tertiary/aromatic N) is 3. The lowest BCUT2D eigenvalue weighted by Crippen LogP contribution is -2.39. The smallest absolute Gasteiger partial charge is 0.242 e. The second-order valence-corrected chi connectivity index (χ2v) is 4.98. The van der Waals surface area contributed by atoms with Crippen LogP contribution in [0.4, 0.5) is 5.95 Å². The van der Waals surface area contributed by atoms with Crippen molar-refractivity contribution < 1.29 is 4.79 Å². The van der Waals surface area contributed by atoms with Crippen molar-refractivity contribution in [2.24, 2.45) is 0 Å². The molecule has 0 atom stereocenters. The molecule has 1 aliphatic heterocycles. The number of nitrogens with one attached hydrogen (secondary N) is 1. The summed E-state index contributed by atoms with van der Waals surface area (Å²) in [5.74, 6) is 2.42. The molecule has 0 radical (unpaired) electrons. The molecule has 6 nitrogen and oxygen atoms in total. The third kappa shape index (κ3) is 3.13. The largest absolute Gasteiger partial charge is 0.367 e. The number of aromatic nitrogens is 3. The monoisotopic (exact) mass is 241 g/mol. The maximum absolute atomic E-state index is 11.6. The van der Waals surface area contributed by atoms with Gasteiger partial charge in [0.05, 0.1) is 0 Å². The van der Waals surface area contributed by atoms with Crippen molar-refractivity contribution in [1.82, 2.24) is 20.1 Å². The average Bonchev–Trinajstić information content (AvgIpc) is 2.65. The maximum Gasteiger partial charge on any atom is 0.242 e. The lowest BCUT2D eigenvalue weighted by atomic mass is 10.1. The highest BCUT2D eigenvalue weighted by molar-refractivity contribution is 7.99. The Hall–Kier alpha value is -1.24. The summed E-state index contributed by atoms with van der Waals surface area (Å²) in [5, 5.41) is 6.86. The molecule has 0 saturated carbocycles. The van der Waals surface area contributed by atoms with Crippen molar-refractivity contribution >= 4 is 23.6 Å². The Bertz CT molecular complexity index is 361. The van der Waals surface area contributed by atoms with Gasteiger partial charge in [0.1, 0.15) is 12.9 Å². The number of hydrogen-bond donors (Lipinski definition) is 2. The zero-order valence-electron chi connectivity index (χ0n) is 8.93. The highest BCUT2D eigenvalue weighted by atomic mass is 32.2. The van der Waals surface area contributed by atoms with Crippen LogP contribution < -0.4 is 11.1 Å². The minimum Gasteiger partial charge on any atom is -0.367 e. The van der Waals surface area contributed by atoms with Gasteiger partial charge in [-0.2, -0.15) is 11.8 Å².